The van der Waals surface area contributed by atoms with Crippen LogP contribution in [0.2, 0.25) is 0 Å². The van der Waals surface area contributed by atoms with Crippen LogP contribution < -0.4 is 4.90 Å². The number of hydrogen-bond acceptors (Lipinski definition) is 4. The quantitative estimate of drug-likeness (QED) is 0.152. The van der Waals surface area contributed by atoms with E-state index in [-0.39, 0.29) is 12.0 Å². The van der Waals surface area contributed by atoms with Crippen molar-refractivity contribution in [3.8, 4) is 67.8 Å². The monoisotopic (exact) mass is 958 g/mol. The molecule has 0 fully saturated rings. The number of hydrogen-bond donors (Lipinski definition) is 0. The van der Waals surface area contributed by atoms with E-state index in [0.29, 0.717) is 17.5 Å². The van der Waals surface area contributed by atoms with Gasteiger partial charge in [0.05, 0.1) is 28.1 Å². The first kappa shape index (κ1) is 42.7. The van der Waals surface area contributed by atoms with Crippen LogP contribution in [0.4, 0.5) is 11.4 Å². The fourth-order valence-corrected chi connectivity index (χ4v) is 11.9. The Hall–Kier alpha value is -9.91. The molecule has 3 aromatic heterocycles. The summed E-state index contributed by atoms with van der Waals surface area (Å²) >= 11 is 0. The fourth-order valence-electron chi connectivity index (χ4n) is 11.9. The molecular formula is C69H46N6. The fraction of sp³-hybridized carbons (Fsp3) is 0.0290. The highest BCUT2D eigenvalue weighted by Crippen LogP contribution is 2.50. The minimum absolute atomic E-state index is 0.174. The summed E-state index contributed by atoms with van der Waals surface area (Å²) in [5.74, 6) is 2.07. The Bertz CT molecular complexity index is 4360. The second-order valence-electron chi connectivity index (χ2n) is 19.5. The molecule has 4 heterocycles. The zero-order valence-electron chi connectivity index (χ0n) is 40.7. The maximum Gasteiger partial charge on any atom is 0.164 e. The molecule has 1 aliphatic carbocycles. The number of para-hydroxylation sites is 4. The molecule has 2 unspecified atom stereocenters. The van der Waals surface area contributed by atoms with Crippen molar-refractivity contribution < 1.29 is 0 Å². The van der Waals surface area contributed by atoms with Gasteiger partial charge in [0.15, 0.2) is 17.5 Å². The van der Waals surface area contributed by atoms with E-state index in [1.54, 1.807) is 0 Å². The Kier molecular flexibility index (Phi) is 9.91. The van der Waals surface area contributed by atoms with Crippen molar-refractivity contribution >= 4 is 55.0 Å². The molecule has 0 saturated heterocycles. The van der Waals surface area contributed by atoms with Gasteiger partial charge in [-0.05, 0) is 107 Å². The van der Waals surface area contributed by atoms with E-state index in [1.807, 2.05) is 36.4 Å². The van der Waals surface area contributed by atoms with Crippen molar-refractivity contribution in [1.29, 1.82) is 0 Å². The molecular weight excluding hydrogens is 913 g/mol. The van der Waals surface area contributed by atoms with E-state index in [0.717, 1.165) is 61.4 Å². The van der Waals surface area contributed by atoms with Crippen LogP contribution in [0.15, 0.2) is 267 Å². The molecule has 0 saturated carbocycles. The average molecular weight is 959 g/mol. The molecule has 1 aliphatic heterocycles. The number of fused-ring (bicyclic) bond motifs is 9. The van der Waals surface area contributed by atoms with Crippen LogP contribution in [0.1, 0.15) is 11.5 Å². The minimum Gasteiger partial charge on any atom is -0.333 e. The summed E-state index contributed by atoms with van der Waals surface area (Å²) in [5, 5.41) is 4.81. The van der Waals surface area contributed by atoms with Gasteiger partial charge in [-0.1, -0.05) is 182 Å². The van der Waals surface area contributed by atoms with Crippen LogP contribution in [-0.2, 0) is 0 Å². The van der Waals surface area contributed by atoms with Crippen molar-refractivity contribution in [2.24, 2.45) is 0 Å². The van der Waals surface area contributed by atoms with Crippen molar-refractivity contribution in [2.75, 3.05) is 4.90 Å². The van der Waals surface area contributed by atoms with E-state index in [4.69, 9.17) is 15.0 Å². The van der Waals surface area contributed by atoms with Crippen LogP contribution in [-0.4, -0.2) is 30.1 Å². The Morgan fingerprint density at radius 1 is 0.320 bits per heavy atom. The molecule has 2 aliphatic rings. The Labute approximate surface area is 434 Å². The summed E-state index contributed by atoms with van der Waals surface area (Å²) in [7, 11) is 0. The summed E-state index contributed by atoms with van der Waals surface area (Å²) in [6, 6.07) is 87.4. The lowest BCUT2D eigenvalue weighted by atomic mass is 9.88. The number of benzene rings is 10. The SMILES string of the molecule is C1=CC2c3cc(-c4cc(-c5ccc6c(c5)c5ccccc5n6-c5ccccc5)cc5c6ccccc6n(-c6cccc(-c7nc(-c8ccccc8)nc(-c8ccccc8)n7)c6)c45)ccc3N(c3ccccc3)C2C=C1. The van der Waals surface area contributed by atoms with Crippen molar-refractivity contribution in [3.05, 3.63) is 273 Å². The normalized spacial score (nSPS) is 14.8. The second kappa shape index (κ2) is 17.4. The highest BCUT2D eigenvalue weighted by atomic mass is 15.2. The molecule has 75 heavy (non-hydrogen) atoms. The topological polar surface area (TPSA) is 51.8 Å². The van der Waals surface area contributed by atoms with Crippen LogP contribution in [0, 0.1) is 0 Å². The lowest BCUT2D eigenvalue weighted by molar-refractivity contribution is 0.745. The molecule has 0 radical (unpaired) electrons. The molecule has 0 bridgehead atoms. The molecule has 6 heteroatoms. The zero-order chi connectivity index (χ0) is 49.4. The summed E-state index contributed by atoms with van der Waals surface area (Å²) in [4.78, 5) is 17.8. The number of rotatable bonds is 8. The van der Waals surface area contributed by atoms with Gasteiger partial charge in [0.25, 0.3) is 0 Å². The molecule has 0 spiro atoms. The smallest absolute Gasteiger partial charge is 0.164 e. The third kappa shape index (κ3) is 7.06. The van der Waals surface area contributed by atoms with Gasteiger partial charge in [-0.2, -0.15) is 0 Å². The van der Waals surface area contributed by atoms with Crippen LogP contribution in [0.5, 0.6) is 0 Å². The van der Waals surface area contributed by atoms with Crippen molar-refractivity contribution in [2.45, 2.75) is 12.0 Å². The summed E-state index contributed by atoms with van der Waals surface area (Å²) < 4.78 is 4.84. The number of nitrogens with zero attached hydrogens (tertiary/aromatic N) is 6. The lowest BCUT2D eigenvalue weighted by Crippen LogP contribution is -2.28. The van der Waals surface area contributed by atoms with Crippen molar-refractivity contribution in [3.63, 3.8) is 0 Å². The maximum absolute atomic E-state index is 5.16. The van der Waals surface area contributed by atoms with Gasteiger partial charge in [-0.3, -0.25) is 0 Å². The highest BCUT2D eigenvalue weighted by Gasteiger charge is 2.37. The predicted octanol–water partition coefficient (Wildman–Crippen LogP) is 17.1. The van der Waals surface area contributed by atoms with Gasteiger partial charge in [-0.25, -0.2) is 15.0 Å². The van der Waals surface area contributed by atoms with E-state index in [2.05, 4.69) is 245 Å². The van der Waals surface area contributed by atoms with Gasteiger partial charge in [-0.15, -0.1) is 0 Å². The first-order valence-electron chi connectivity index (χ1n) is 25.7. The number of aromatic nitrogens is 5. The average Bonchev–Trinajstić information content (AvgIpc) is 4.19. The minimum atomic E-state index is 0.174. The van der Waals surface area contributed by atoms with E-state index in [1.165, 1.54) is 49.5 Å². The third-order valence-electron chi connectivity index (χ3n) is 15.2. The molecule has 352 valence electrons. The second-order valence-corrected chi connectivity index (χ2v) is 19.5. The Balaban J connectivity index is 0.969. The van der Waals surface area contributed by atoms with E-state index < -0.39 is 0 Å². The molecule has 2 atom stereocenters. The van der Waals surface area contributed by atoms with Gasteiger partial charge in [0, 0.05) is 72.5 Å². The predicted molar refractivity (Wildman–Crippen MR) is 309 cm³/mol. The largest absolute Gasteiger partial charge is 0.333 e. The molecule has 0 N–H and O–H groups in total. The van der Waals surface area contributed by atoms with E-state index in [9.17, 15) is 0 Å². The molecule has 15 rings (SSSR count). The van der Waals surface area contributed by atoms with Gasteiger partial charge < -0.3 is 14.0 Å². The van der Waals surface area contributed by atoms with Crippen LogP contribution >= 0.6 is 0 Å². The van der Waals surface area contributed by atoms with E-state index >= 15 is 0 Å². The molecule has 10 aromatic carbocycles. The summed E-state index contributed by atoms with van der Waals surface area (Å²) in [5.41, 5.74) is 17.9. The first-order chi connectivity index (χ1) is 37.2. The summed E-state index contributed by atoms with van der Waals surface area (Å²) in [6.07, 6.45) is 9.13. The van der Waals surface area contributed by atoms with Crippen LogP contribution in [0.25, 0.3) is 111 Å². The van der Waals surface area contributed by atoms with Crippen LogP contribution in [0.3, 0.4) is 0 Å². The third-order valence-corrected chi connectivity index (χ3v) is 15.2. The zero-order valence-corrected chi connectivity index (χ0v) is 40.7. The van der Waals surface area contributed by atoms with Gasteiger partial charge in [0.1, 0.15) is 0 Å². The standard InChI is InChI=1S/C69H46N6/c1-5-20-45(21-6-1)67-70-68(46-22-7-2-8-23-46)72-69(71-67)49-24-19-29-53(40-49)75-63-35-18-15-32-56(63)60-44-50(47-36-38-64-58(41-47)54-30-13-16-33-61(54)73(64)51-25-9-3-10-26-51)43-57(66(60)75)48-37-39-65-59(42-48)55-31-14-17-34-62(55)74(65)52-27-11-4-12-28-52/h1-44,55,62H. The molecule has 6 nitrogen and oxygen atoms in total. The molecule has 0 amide bonds. The molecule has 13 aromatic rings. The lowest BCUT2D eigenvalue weighted by Gasteiger charge is -2.28. The Morgan fingerprint density at radius 3 is 1.56 bits per heavy atom. The first-order valence-corrected chi connectivity index (χ1v) is 25.7. The van der Waals surface area contributed by atoms with Gasteiger partial charge >= 0.3 is 0 Å². The maximum atomic E-state index is 5.16. The van der Waals surface area contributed by atoms with Crippen molar-refractivity contribution in [1.82, 2.24) is 24.1 Å². The highest BCUT2D eigenvalue weighted by molar-refractivity contribution is 6.16. The number of anilines is 2. The van der Waals surface area contributed by atoms with Gasteiger partial charge in [0.2, 0.25) is 0 Å². The number of allylic oxidation sites excluding steroid dienone is 2. The summed E-state index contributed by atoms with van der Waals surface area (Å²) in [6.45, 7) is 0. The Morgan fingerprint density at radius 2 is 0.853 bits per heavy atom.